The molecule has 0 radical (unpaired) electrons. The molecule has 2 atom stereocenters. The first-order chi connectivity index (χ1) is 9.52. The molecule has 1 amide bonds. The van der Waals surface area contributed by atoms with Crippen LogP contribution in [0.15, 0.2) is 6.20 Å². The summed E-state index contributed by atoms with van der Waals surface area (Å²) < 4.78 is 7.24. The van der Waals surface area contributed by atoms with Crippen LogP contribution in [-0.4, -0.2) is 48.0 Å². The van der Waals surface area contributed by atoms with Gasteiger partial charge in [-0.05, 0) is 12.8 Å². The minimum Gasteiger partial charge on any atom is -0.378 e. The highest BCUT2D eigenvalue weighted by Gasteiger charge is 2.29. The lowest BCUT2D eigenvalue weighted by Crippen LogP contribution is -2.43. The number of methoxy groups -OCH3 is 1. The third kappa shape index (κ3) is 3.19. The normalized spacial score (nSPS) is 22.4. The van der Waals surface area contributed by atoms with E-state index in [9.17, 15) is 4.79 Å². The standard InChI is InChI=1S/C14H24N4O2/c1-9(2)8-18-10(3)11(5-16-18)14(19)17-12-6-15-7-13(12)20-4/h5,9,12-13,15H,6-8H2,1-4H3,(H,17,19)/t12-,13-/m0/s1. The zero-order valence-corrected chi connectivity index (χ0v) is 12.6. The first kappa shape index (κ1) is 15.0. The molecule has 0 aliphatic carbocycles. The van der Waals surface area contributed by atoms with E-state index in [1.807, 2.05) is 11.6 Å². The summed E-state index contributed by atoms with van der Waals surface area (Å²) in [7, 11) is 1.67. The molecule has 6 heteroatoms. The van der Waals surface area contributed by atoms with Crippen molar-refractivity contribution in [3.05, 3.63) is 17.5 Å². The Hall–Kier alpha value is -1.40. The number of ether oxygens (including phenoxy) is 1. The molecule has 0 aromatic carbocycles. The van der Waals surface area contributed by atoms with Crippen molar-refractivity contribution < 1.29 is 9.53 Å². The van der Waals surface area contributed by atoms with E-state index in [1.54, 1.807) is 13.3 Å². The smallest absolute Gasteiger partial charge is 0.255 e. The van der Waals surface area contributed by atoms with Gasteiger partial charge >= 0.3 is 0 Å². The number of amides is 1. The van der Waals surface area contributed by atoms with Gasteiger partial charge in [0.2, 0.25) is 0 Å². The van der Waals surface area contributed by atoms with Crippen molar-refractivity contribution in [1.29, 1.82) is 0 Å². The fourth-order valence-electron chi connectivity index (χ4n) is 2.49. The Bertz CT molecular complexity index is 470. The van der Waals surface area contributed by atoms with Crippen molar-refractivity contribution in [2.24, 2.45) is 5.92 Å². The summed E-state index contributed by atoms with van der Waals surface area (Å²) >= 11 is 0. The molecule has 1 aliphatic heterocycles. The molecule has 20 heavy (non-hydrogen) atoms. The minimum absolute atomic E-state index is 0.0142. The summed E-state index contributed by atoms with van der Waals surface area (Å²) in [5.74, 6) is 0.426. The number of nitrogens with one attached hydrogen (secondary N) is 2. The van der Waals surface area contributed by atoms with E-state index in [4.69, 9.17) is 4.74 Å². The molecule has 1 fully saturated rings. The number of hydrogen-bond acceptors (Lipinski definition) is 4. The Morgan fingerprint density at radius 1 is 1.60 bits per heavy atom. The van der Waals surface area contributed by atoms with Gasteiger partial charge in [-0.15, -0.1) is 0 Å². The molecule has 112 valence electrons. The third-order valence-corrected chi connectivity index (χ3v) is 3.66. The van der Waals surface area contributed by atoms with Crippen molar-refractivity contribution in [2.45, 2.75) is 39.5 Å². The molecule has 2 heterocycles. The van der Waals surface area contributed by atoms with Crippen LogP contribution >= 0.6 is 0 Å². The molecule has 1 aromatic heterocycles. The summed E-state index contributed by atoms with van der Waals surface area (Å²) in [6.45, 7) is 8.54. The first-order valence-electron chi connectivity index (χ1n) is 7.09. The maximum Gasteiger partial charge on any atom is 0.255 e. The molecule has 2 rings (SSSR count). The second-order valence-corrected chi connectivity index (χ2v) is 5.73. The molecule has 0 spiro atoms. The lowest BCUT2D eigenvalue weighted by Gasteiger charge is -2.18. The van der Waals surface area contributed by atoms with Crippen LogP contribution in [0.2, 0.25) is 0 Å². The zero-order valence-electron chi connectivity index (χ0n) is 12.6. The number of carbonyl (C=O) groups excluding carboxylic acids is 1. The molecule has 0 bridgehead atoms. The lowest BCUT2D eigenvalue weighted by atomic mass is 10.1. The highest BCUT2D eigenvalue weighted by Crippen LogP contribution is 2.11. The van der Waals surface area contributed by atoms with E-state index in [-0.39, 0.29) is 18.1 Å². The van der Waals surface area contributed by atoms with Gasteiger partial charge in [0.05, 0.1) is 23.9 Å². The molecule has 1 aliphatic rings. The van der Waals surface area contributed by atoms with Crippen LogP contribution in [0.5, 0.6) is 0 Å². The Morgan fingerprint density at radius 3 is 3.00 bits per heavy atom. The molecule has 6 nitrogen and oxygen atoms in total. The van der Waals surface area contributed by atoms with Gasteiger partial charge in [-0.3, -0.25) is 9.48 Å². The summed E-state index contributed by atoms with van der Waals surface area (Å²) in [5, 5.41) is 10.5. The second kappa shape index (κ2) is 6.37. The van der Waals surface area contributed by atoms with Crippen molar-refractivity contribution >= 4 is 5.91 Å². The maximum atomic E-state index is 12.3. The van der Waals surface area contributed by atoms with E-state index in [1.165, 1.54) is 0 Å². The average Bonchev–Trinajstić information content (AvgIpc) is 2.97. The maximum absolute atomic E-state index is 12.3. The van der Waals surface area contributed by atoms with Crippen LogP contribution in [0.1, 0.15) is 29.9 Å². The third-order valence-electron chi connectivity index (χ3n) is 3.66. The number of aromatic nitrogens is 2. The number of carbonyl (C=O) groups is 1. The van der Waals surface area contributed by atoms with Crippen LogP contribution in [0.25, 0.3) is 0 Å². The van der Waals surface area contributed by atoms with Crippen molar-refractivity contribution in [3.63, 3.8) is 0 Å². The monoisotopic (exact) mass is 280 g/mol. The van der Waals surface area contributed by atoms with E-state index in [0.717, 1.165) is 25.3 Å². The predicted octanol–water partition coefficient (Wildman–Crippen LogP) is 0.564. The summed E-state index contributed by atoms with van der Waals surface area (Å²) in [6.07, 6.45) is 1.68. The van der Waals surface area contributed by atoms with Crippen LogP contribution in [0, 0.1) is 12.8 Å². The Kier molecular flexibility index (Phi) is 4.77. The van der Waals surface area contributed by atoms with E-state index >= 15 is 0 Å². The second-order valence-electron chi connectivity index (χ2n) is 5.73. The molecular weight excluding hydrogens is 256 g/mol. The van der Waals surface area contributed by atoms with Gasteiger partial charge in [0.1, 0.15) is 0 Å². The minimum atomic E-state index is -0.0757. The van der Waals surface area contributed by atoms with Crippen molar-refractivity contribution in [3.8, 4) is 0 Å². The topological polar surface area (TPSA) is 68.2 Å². The summed E-state index contributed by atoms with van der Waals surface area (Å²) in [6, 6.07) is 0.0142. The fourth-order valence-corrected chi connectivity index (χ4v) is 2.49. The van der Waals surface area contributed by atoms with Gasteiger partial charge in [0.15, 0.2) is 0 Å². The number of hydrogen-bond donors (Lipinski definition) is 2. The highest BCUT2D eigenvalue weighted by molar-refractivity contribution is 5.95. The Balaban J connectivity index is 2.04. The Labute approximate surface area is 119 Å². The Morgan fingerprint density at radius 2 is 2.35 bits per heavy atom. The molecule has 0 saturated carbocycles. The summed E-state index contributed by atoms with van der Waals surface area (Å²) in [5.41, 5.74) is 1.56. The molecule has 1 aromatic rings. The van der Waals surface area contributed by atoms with Gasteiger partial charge < -0.3 is 15.4 Å². The molecule has 1 saturated heterocycles. The first-order valence-corrected chi connectivity index (χ1v) is 7.09. The largest absolute Gasteiger partial charge is 0.378 e. The van der Waals surface area contributed by atoms with Crippen LogP contribution in [0.3, 0.4) is 0 Å². The van der Waals surface area contributed by atoms with Gasteiger partial charge in [-0.2, -0.15) is 5.10 Å². The highest BCUT2D eigenvalue weighted by atomic mass is 16.5. The number of nitrogens with zero attached hydrogens (tertiary/aromatic N) is 2. The lowest BCUT2D eigenvalue weighted by molar-refractivity contribution is 0.0779. The van der Waals surface area contributed by atoms with Crippen LogP contribution in [-0.2, 0) is 11.3 Å². The zero-order chi connectivity index (χ0) is 14.7. The SMILES string of the molecule is CO[C@H]1CNC[C@@H]1NC(=O)c1cnn(CC(C)C)c1C. The van der Waals surface area contributed by atoms with Gasteiger partial charge in [0, 0.05) is 32.4 Å². The van der Waals surface area contributed by atoms with Crippen LogP contribution < -0.4 is 10.6 Å². The van der Waals surface area contributed by atoms with E-state index < -0.39 is 0 Å². The van der Waals surface area contributed by atoms with Gasteiger partial charge in [0.25, 0.3) is 5.91 Å². The molecule has 2 N–H and O–H groups in total. The van der Waals surface area contributed by atoms with Crippen molar-refractivity contribution in [2.75, 3.05) is 20.2 Å². The van der Waals surface area contributed by atoms with Crippen molar-refractivity contribution in [1.82, 2.24) is 20.4 Å². The van der Waals surface area contributed by atoms with E-state index in [2.05, 4.69) is 29.6 Å². The van der Waals surface area contributed by atoms with Gasteiger partial charge in [-0.25, -0.2) is 0 Å². The molecular formula is C14H24N4O2. The number of rotatable bonds is 5. The summed E-state index contributed by atoms with van der Waals surface area (Å²) in [4.78, 5) is 12.3. The van der Waals surface area contributed by atoms with Gasteiger partial charge in [-0.1, -0.05) is 13.8 Å². The predicted molar refractivity (Wildman–Crippen MR) is 76.7 cm³/mol. The molecule has 0 unspecified atom stereocenters. The average molecular weight is 280 g/mol. The fraction of sp³-hybridized carbons (Fsp3) is 0.714. The van der Waals surface area contributed by atoms with E-state index in [0.29, 0.717) is 11.5 Å². The quantitative estimate of drug-likeness (QED) is 0.827. The van der Waals surface area contributed by atoms with Crippen LogP contribution in [0.4, 0.5) is 0 Å².